The summed E-state index contributed by atoms with van der Waals surface area (Å²) in [5, 5.41) is 10.8. The average molecular weight is 316 g/mol. The lowest BCUT2D eigenvalue weighted by Crippen LogP contribution is -2.46. The van der Waals surface area contributed by atoms with Crippen LogP contribution in [0.1, 0.15) is 30.1 Å². The SMILES string of the molecule is CCOC(=O)N1CCC(NC(=O)c2cccc3cn[nH]c23)CC1. The second-order valence-corrected chi connectivity index (χ2v) is 5.57. The molecule has 0 saturated carbocycles. The van der Waals surface area contributed by atoms with Gasteiger partial charge < -0.3 is 15.0 Å². The number of aromatic nitrogens is 2. The first-order valence-corrected chi connectivity index (χ1v) is 7.83. The van der Waals surface area contributed by atoms with E-state index in [0.29, 0.717) is 25.3 Å². The van der Waals surface area contributed by atoms with E-state index >= 15 is 0 Å². The van der Waals surface area contributed by atoms with Crippen LogP contribution in [0.2, 0.25) is 0 Å². The number of amides is 2. The van der Waals surface area contributed by atoms with E-state index in [2.05, 4.69) is 15.5 Å². The van der Waals surface area contributed by atoms with Crippen LogP contribution in [0.15, 0.2) is 24.4 Å². The number of hydrogen-bond donors (Lipinski definition) is 2. The number of para-hydroxylation sites is 1. The standard InChI is InChI=1S/C16H20N4O3/c1-2-23-16(22)20-8-6-12(7-9-20)18-15(21)13-5-3-4-11-10-17-19-14(11)13/h3-5,10,12H,2,6-9H2,1H3,(H,17,19)(H,18,21). The minimum Gasteiger partial charge on any atom is -0.450 e. The van der Waals surface area contributed by atoms with Crippen LogP contribution in [0.25, 0.3) is 10.9 Å². The van der Waals surface area contributed by atoms with Gasteiger partial charge in [-0.1, -0.05) is 12.1 Å². The fourth-order valence-electron chi connectivity index (χ4n) is 2.84. The zero-order chi connectivity index (χ0) is 16.2. The van der Waals surface area contributed by atoms with Crippen LogP contribution < -0.4 is 5.32 Å². The van der Waals surface area contributed by atoms with Crippen molar-refractivity contribution in [3.63, 3.8) is 0 Å². The lowest BCUT2D eigenvalue weighted by Gasteiger charge is -2.31. The van der Waals surface area contributed by atoms with Gasteiger partial charge in [-0.3, -0.25) is 9.89 Å². The van der Waals surface area contributed by atoms with Crippen molar-refractivity contribution in [1.82, 2.24) is 20.4 Å². The Morgan fingerprint density at radius 2 is 2.17 bits per heavy atom. The van der Waals surface area contributed by atoms with E-state index in [1.54, 1.807) is 24.1 Å². The average Bonchev–Trinajstić information content (AvgIpc) is 3.04. The molecule has 0 unspecified atom stereocenters. The summed E-state index contributed by atoms with van der Waals surface area (Å²) in [4.78, 5) is 25.8. The predicted octanol–water partition coefficient (Wildman–Crippen LogP) is 1.91. The maximum absolute atomic E-state index is 12.5. The predicted molar refractivity (Wildman–Crippen MR) is 85.2 cm³/mol. The highest BCUT2D eigenvalue weighted by Gasteiger charge is 2.25. The Bertz CT molecular complexity index is 704. The number of nitrogens with one attached hydrogen (secondary N) is 2. The van der Waals surface area contributed by atoms with E-state index < -0.39 is 0 Å². The van der Waals surface area contributed by atoms with Crippen LogP contribution >= 0.6 is 0 Å². The largest absolute Gasteiger partial charge is 0.450 e. The number of fused-ring (bicyclic) bond motifs is 1. The van der Waals surface area contributed by atoms with Crippen LogP contribution in [-0.4, -0.2) is 52.8 Å². The van der Waals surface area contributed by atoms with E-state index in [-0.39, 0.29) is 18.0 Å². The summed E-state index contributed by atoms with van der Waals surface area (Å²) < 4.78 is 4.99. The Balaban J connectivity index is 1.59. The van der Waals surface area contributed by atoms with Gasteiger partial charge in [0, 0.05) is 24.5 Å². The minimum absolute atomic E-state index is 0.0614. The van der Waals surface area contributed by atoms with E-state index in [4.69, 9.17) is 4.74 Å². The molecule has 2 aromatic rings. The van der Waals surface area contributed by atoms with Gasteiger partial charge in [0.05, 0.1) is 23.9 Å². The van der Waals surface area contributed by atoms with E-state index in [9.17, 15) is 9.59 Å². The third kappa shape index (κ3) is 3.28. The molecule has 122 valence electrons. The third-order valence-corrected chi connectivity index (χ3v) is 4.08. The monoisotopic (exact) mass is 316 g/mol. The highest BCUT2D eigenvalue weighted by molar-refractivity contribution is 6.05. The first-order chi connectivity index (χ1) is 11.2. The molecule has 0 aliphatic carbocycles. The molecule has 23 heavy (non-hydrogen) atoms. The fraction of sp³-hybridized carbons (Fsp3) is 0.438. The number of aromatic amines is 1. The number of carbonyl (C=O) groups is 2. The van der Waals surface area contributed by atoms with Gasteiger partial charge in [-0.2, -0.15) is 5.10 Å². The van der Waals surface area contributed by atoms with Crippen molar-refractivity contribution in [1.29, 1.82) is 0 Å². The Hall–Kier alpha value is -2.57. The fourth-order valence-corrected chi connectivity index (χ4v) is 2.84. The third-order valence-electron chi connectivity index (χ3n) is 4.08. The van der Waals surface area contributed by atoms with Crippen molar-refractivity contribution < 1.29 is 14.3 Å². The lowest BCUT2D eigenvalue weighted by atomic mass is 10.0. The van der Waals surface area contributed by atoms with Crippen molar-refractivity contribution in [2.24, 2.45) is 0 Å². The van der Waals surface area contributed by atoms with Gasteiger partial charge in [-0.25, -0.2) is 4.79 Å². The van der Waals surface area contributed by atoms with Gasteiger partial charge >= 0.3 is 6.09 Å². The number of H-pyrrole nitrogens is 1. The molecule has 1 fully saturated rings. The van der Waals surface area contributed by atoms with Crippen LogP contribution in [-0.2, 0) is 4.74 Å². The van der Waals surface area contributed by atoms with Gasteiger partial charge in [0.2, 0.25) is 0 Å². The Morgan fingerprint density at radius 3 is 2.91 bits per heavy atom. The Kier molecular flexibility index (Phi) is 4.45. The van der Waals surface area contributed by atoms with Crippen molar-refractivity contribution in [3.8, 4) is 0 Å². The molecule has 1 aromatic heterocycles. The highest BCUT2D eigenvalue weighted by atomic mass is 16.6. The van der Waals surface area contributed by atoms with Crippen molar-refractivity contribution >= 4 is 22.9 Å². The second kappa shape index (κ2) is 6.68. The zero-order valence-electron chi connectivity index (χ0n) is 13.0. The highest BCUT2D eigenvalue weighted by Crippen LogP contribution is 2.17. The number of ether oxygens (including phenoxy) is 1. The van der Waals surface area contributed by atoms with E-state index in [1.165, 1.54) is 0 Å². The molecule has 0 spiro atoms. The number of benzene rings is 1. The molecular weight excluding hydrogens is 296 g/mol. The molecule has 0 radical (unpaired) electrons. The van der Waals surface area contributed by atoms with Crippen molar-refractivity contribution in [2.45, 2.75) is 25.8 Å². The van der Waals surface area contributed by atoms with Crippen molar-refractivity contribution in [3.05, 3.63) is 30.0 Å². The summed E-state index contributed by atoms with van der Waals surface area (Å²) in [6.07, 6.45) is 2.87. The number of piperidine rings is 1. The molecule has 2 amide bonds. The quantitative estimate of drug-likeness (QED) is 0.905. The lowest BCUT2D eigenvalue weighted by molar-refractivity contribution is 0.0861. The Morgan fingerprint density at radius 1 is 1.39 bits per heavy atom. The molecule has 2 N–H and O–H groups in total. The summed E-state index contributed by atoms with van der Waals surface area (Å²) in [5.74, 6) is -0.116. The number of likely N-dealkylation sites (tertiary alicyclic amines) is 1. The van der Waals surface area contributed by atoms with Crippen LogP contribution in [0, 0.1) is 0 Å². The molecule has 1 aliphatic heterocycles. The van der Waals surface area contributed by atoms with E-state index in [1.807, 2.05) is 12.1 Å². The van der Waals surface area contributed by atoms with Gasteiger partial charge in [-0.05, 0) is 25.8 Å². The van der Waals surface area contributed by atoms with Gasteiger partial charge in [-0.15, -0.1) is 0 Å². The second-order valence-electron chi connectivity index (χ2n) is 5.57. The molecular formula is C16H20N4O3. The number of carbonyl (C=O) groups excluding carboxylic acids is 2. The van der Waals surface area contributed by atoms with Crippen molar-refractivity contribution in [2.75, 3.05) is 19.7 Å². The summed E-state index contributed by atoms with van der Waals surface area (Å²) in [5.41, 5.74) is 1.33. The maximum atomic E-state index is 12.5. The molecule has 7 nitrogen and oxygen atoms in total. The first kappa shape index (κ1) is 15.3. The Labute approximate surface area is 134 Å². The van der Waals surface area contributed by atoms with Gasteiger partial charge in [0.15, 0.2) is 0 Å². The number of hydrogen-bond acceptors (Lipinski definition) is 4. The molecule has 7 heteroatoms. The van der Waals surface area contributed by atoms with E-state index in [0.717, 1.165) is 23.7 Å². The summed E-state index contributed by atoms with van der Waals surface area (Å²) >= 11 is 0. The minimum atomic E-state index is -0.278. The summed E-state index contributed by atoms with van der Waals surface area (Å²) in [6.45, 7) is 3.36. The topological polar surface area (TPSA) is 87.3 Å². The first-order valence-electron chi connectivity index (χ1n) is 7.83. The van der Waals surface area contributed by atoms with Gasteiger partial charge in [0.25, 0.3) is 5.91 Å². The summed E-state index contributed by atoms with van der Waals surface area (Å²) in [6, 6.07) is 5.60. The zero-order valence-corrected chi connectivity index (χ0v) is 13.0. The molecule has 0 bridgehead atoms. The number of rotatable bonds is 3. The van der Waals surface area contributed by atoms with Crippen LogP contribution in [0.4, 0.5) is 4.79 Å². The normalized spacial score (nSPS) is 15.6. The molecule has 0 atom stereocenters. The molecule has 1 aliphatic rings. The molecule has 1 aromatic carbocycles. The smallest absolute Gasteiger partial charge is 0.409 e. The molecule has 1 saturated heterocycles. The summed E-state index contributed by atoms with van der Waals surface area (Å²) in [7, 11) is 0. The number of nitrogens with zero attached hydrogens (tertiary/aromatic N) is 2. The molecule has 2 heterocycles. The van der Waals surface area contributed by atoms with Crippen LogP contribution in [0.3, 0.4) is 0 Å². The van der Waals surface area contributed by atoms with Crippen LogP contribution in [0.5, 0.6) is 0 Å². The van der Waals surface area contributed by atoms with Gasteiger partial charge in [0.1, 0.15) is 0 Å². The molecule has 3 rings (SSSR count). The maximum Gasteiger partial charge on any atom is 0.409 e.